The molecule has 22 heavy (non-hydrogen) atoms. The van der Waals surface area contributed by atoms with Crippen LogP contribution in [-0.2, 0) is 6.54 Å². The first-order valence-electron chi connectivity index (χ1n) is 7.36. The van der Waals surface area contributed by atoms with Crippen molar-refractivity contribution in [1.29, 1.82) is 0 Å². The van der Waals surface area contributed by atoms with Gasteiger partial charge in [-0.2, -0.15) is 0 Å². The van der Waals surface area contributed by atoms with Crippen molar-refractivity contribution < 1.29 is 9.50 Å². The van der Waals surface area contributed by atoms with Gasteiger partial charge in [-0.15, -0.1) is 0 Å². The molecule has 122 valence electrons. The number of aromatic nitrogens is 2. The summed E-state index contributed by atoms with van der Waals surface area (Å²) in [5.41, 5.74) is 1.46. The summed E-state index contributed by atoms with van der Waals surface area (Å²) in [6.07, 6.45) is 5.21. The fourth-order valence-corrected chi connectivity index (χ4v) is 3.10. The molecular weight excluding hydrogens is 305 g/mol. The Morgan fingerprint density at radius 3 is 3.05 bits per heavy atom. The van der Waals surface area contributed by atoms with E-state index in [2.05, 4.69) is 10.3 Å². The van der Waals surface area contributed by atoms with E-state index in [0.29, 0.717) is 5.52 Å². The highest BCUT2D eigenvalue weighted by Crippen LogP contribution is 2.22. The zero-order valence-corrected chi connectivity index (χ0v) is 12.5. The maximum atomic E-state index is 13.4. The molecular formula is C16H23ClFN3O. The Morgan fingerprint density at radius 2 is 2.27 bits per heavy atom. The Kier molecular flexibility index (Phi) is 5.78. The summed E-state index contributed by atoms with van der Waals surface area (Å²) < 4.78 is 15.4. The average Bonchev–Trinajstić information content (AvgIpc) is 2.84. The van der Waals surface area contributed by atoms with Gasteiger partial charge in [0.25, 0.3) is 0 Å². The summed E-state index contributed by atoms with van der Waals surface area (Å²) in [7, 11) is 0. The SMILES string of the molecule is C.O[C@H]1CCCN[C@@H]1CCCn1cnc2cc(F)c(Cl)cc21. The molecule has 0 radical (unpaired) electrons. The van der Waals surface area contributed by atoms with Gasteiger partial charge in [0.05, 0.1) is 28.5 Å². The highest BCUT2D eigenvalue weighted by atomic mass is 35.5. The van der Waals surface area contributed by atoms with E-state index in [9.17, 15) is 9.50 Å². The lowest BCUT2D eigenvalue weighted by atomic mass is 9.97. The number of aryl methyl sites for hydroxylation is 1. The molecule has 2 aromatic rings. The molecule has 1 aromatic carbocycles. The molecule has 1 aliphatic rings. The molecule has 1 aliphatic heterocycles. The smallest absolute Gasteiger partial charge is 0.144 e. The Labute approximate surface area is 135 Å². The summed E-state index contributed by atoms with van der Waals surface area (Å²) in [4.78, 5) is 4.20. The fourth-order valence-electron chi connectivity index (χ4n) is 2.94. The average molecular weight is 328 g/mol. The number of benzene rings is 1. The van der Waals surface area contributed by atoms with Gasteiger partial charge in [-0.05, 0) is 38.3 Å². The Morgan fingerprint density at radius 1 is 1.45 bits per heavy atom. The van der Waals surface area contributed by atoms with Crippen molar-refractivity contribution in [2.24, 2.45) is 0 Å². The Balaban J connectivity index is 0.00000176. The predicted octanol–water partition coefficient (Wildman–Crippen LogP) is 3.36. The van der Waals surface area contributed by atoms with E-state index < -0.39 is 5.82 Å². The molecule has 1 saturated heterocycles. The van der Waals surface area contributed by atoms with Crippen LogP contribution in [0.1, 0.15) is 33.1 Å². The predicted molar refractivity (Wildman–Crippen MR) is 87.7 cm³/mol. The molecule has 4 nitrogen and oxygen atoms in total. The molecule has 3 rings (SSSR count). The van der Waals surface area contributed by atoms with Crippen molar-refractivity contribution in [1.82, 2.24) is 14.9 Å². The quantitative estimate of drug-likeness (QED) is 0.905. The summed E-state index contributed by atoms with van der Waals surface area (Å²) in [6.45, 7) is 1.76. The van der Waals surface area contributed by atoms with Crippen molar-refractivity contribution in [3.63, 3.8) is 0 Å². The normalized spacial score (nSPS) is 21.8. The summed E-state index contributed by atoms with van der Waals surface area (Å²) in [6, 6.07) is 3.16. The van der Waals surface area contributed by atoms with Gasteiger partial charge in [0, 0.05) is 18.7 Å². The molecule has 2 heterocycles. The van der Waals surface area contributed by atoms with Crippen LogP contribution < -0.4 is 5.32 Å². The minimum Gasteiger partial charge on any atom is -0.392 e. The molecule has 0 bridgehead atoms. The summed E-state index contributed by atoms with van der Waals surface area (Å²) in [5, 5.41) is 13.4. The molecule has 2 atom stereocenters. The zero-order chi connectivity index (χ0) is 14.8. The second-order valence-corrected chi connectivity index (χ2v) is 6.01. The first-order valence-corrected chi connectivity index (χ1v) is 7.74. The van der Waals surface area contributed by atoms with Crippen molar-refractivity contribution in [2.45, 2.75) is 51.8 Å². The van der Waals surface area contributed by atoms with Gasteiger partial charge < -0.3 is 15.0 Å². The van der Waals surface area contributed by atoms with Gasteiger partial charge in [0.15, 0.2) is 0 Å². The lowest BCUT2D eigenvalue weighted by molar-refractivity contribution is 0.0909. The molecule has 0 aliphatic carbocycles. The summed E-state index contributed by atoms with van der Waals surface area (Å²) >= 11 is 5.83. The highest BCUT2D eigenvalue weighted by Gasteiger charge is 2.21. The highest BCUT2D eigenvalue weighted by molar-refractivity contribution is 6.31. The zero-order valence-electron chi connectivity index (χ0n) is 11.7. The number of fused-ring (bicyclic) bond motifs is 1. The number of hydrogen-bond donors (Lipinski definition) is 2. The largest absolute Gasteiger partial charge is 0.392 e. The third kappa shape index (κ3) is 3.59. The second-order valence-electron chi connectivity index (χ2n) is 5.61. The maximum Gasteiger partial charge on any atom is 0.144 e. The molecule has 0 unspecified atom stereocenters. The van der Waals surface area contributed by atoms with E-state index in [0.717, 1.165) is 44.3 Å². The Bertz CT molecular complexity index is 631. The minimum atomic E-state index is -0.441. The van der Waals surface area contributed by atoms with Gasteiger partial charge in [0.1, 0.15) is 5.82 Å². The molecule has 0 amide bonds. The number of nitrogens with one attached hydrogen (secondary N) is 1. The van der Waals surface area contributed by atoms with E-state index in [1.807, 2.05) is 4.57 Å². The summed E-state index contributed by atoms with van der Waals surface area (Å²) in [5.74, 6) is -0.441. The van der Waals surface area contributed by atoms with Crippen LogP contribution in [-0.4, -0.2) is 33.3 Å². The third-order valence-electron chi connectivity index (χ3n) is 4.12. The van der Waals surface area contributed by atoms with Crippen LogP contribution in [0.2, 0.25) is 5.02 Å². The monoisotopic (exact) mass is 327 g/mol. The number of halogens is 2. The molecule has 2 N–H and O–H groups in total. The van der Waals surface area contributed by atoms with E-state index in [4.69, 9.17) is 11.6 Å². The van der Waals surface area contributed by atoms with Crippen molar-refractivity contribution in [2.75, 3.05) is 6.54 Å². The maximum absolute atomic E-state index is 13.4. The van der Waals surface area contributed by atoms with Crippen LogP contribution in [0.15, 0.2) is 18.5 Å². The van der Waals surface area contributed by atoms with Gasteiger partial charge in [-0.3, -0.25) is 0 Å². The van der Waals surface area contributed by atoms with Crippen LogP contribution in [0.5, 0.6) is 0 Å². The minimum absolute atomic E-state index is 0. The second kappa shape index (κ2) is 7.40. The van der Waals surface area contributed by atoms with Gasteiger partial charge >= 0.3 is 0 Å². The van der Waals surface area contributed by atoms with E-state index in [1.165, 1.54) is 6.07 Å². The van der Waals surface area contributed by atoms with Crippen molar-refractivity contribution >= 4 is 22.6 Å². The molecule has 0 saturated carbocycles. The number of nitrogens with zero attached hydrogens (tertiary/aromatic N) is 2. The standard InChI is InChI=1S/C15H19ClFN3O.CH4/c16-10-7-14-13(8-11(10)17)19-9-20(14)6-2-3-12-15(21)4-1-5-18-12;/h7-9,12,15,18,21H,1-6H2;1H4/t12-,15+;/m1./s1. The number of piperidine rings is 1. The topological polar surface area (TPSA) is 50.1 Å². The first kappa shape index (κ1) is 17.2. The first-order chi connectivity index (χ1) is 10.1. The van der Waals surface area contributed by atoms with E-state index in [-0.39, 0.29) is 24.6 Å². The van der Waals surface area contributed by atoms with Gasteiger partial charge in [0.2, 0.25) is 0 Å². The van der Waals surface area contributed by atoms with Gasteiger partial charge in [-0.25, -0.2) is 9.37 Å². The lowest BCUT2D eigenvalue weighted by Gasteiger charge is -2.29. The lowest BCUT2D eigenvalue weighted by Crippen LogP contribution is -2.44. The van der Waals surface area contributed by atoms with Crippen LogP contribution in [0, 0.1) is 5.82 Å². The number of aliphatic hydroxyl groups excluding tert-OH is 1. The molecule has 0 spiro atoms. The number of imidazole rings is 1. The third-order valence-corrected chi connectivity index (χ3v) is 4.41. The number of hydrogen-bond acceptors (Lipinski definition) is 3. The van der Waals surface area contributed by atoms with Gasteiger partial charge in [-0.1, -0.05) is 19.0 Å². The molecule has 1 fully saturated rings. The Hall–Kier alpha value is -1.17. The fraction of sp³-hybridized carbons (Fsp3) is 0.562. The van der Waals surface area contributed by atoms with Crippen molar-refractivity contribution in [3.8, 4) is 0 Å². The van der Waals surface area contributed by atoms with E-state index >= 15 is 0 Å². The van der Waals surface area contributed by atoms with Crippen LogP contribution in [0.25, 0.3) is 11.0 Å². The molecule has 1 aromatic heterocycles. The molecule has 6 heteroatoms. The van der Waals surface area contributed by atoms with Crippen LogP contribution in [0.4, 0.5) is 4.39 Å². The van der Waals surface area contributed by atoms with Crippen molar-refractivity contribution in [3.05, 3.63) is 29.3 Å². The number of aliphatic hydroxyl groups is 1. The number of rotatable bonds is 4. The van der Waals surface area contributed by atoms with Crippen LogP contribution in [0.3, 0.4) is 0 Å². The van der Waals surface area contributed by atoms with Crippen LogP contribution >= 0.6 is 11.6 Å². The van der Waals surface area contributed by atoms with E-state index in [1.54, 1.807) is 12.4 Å².